The highest BCUT2D eigenvalue weighted by Gasteiger charge is 2.40. The predicted molar refractivity (Wildman–Crippen MR) is 56.5 cm³/mol. The Morgan fingerprint density at radius 3 is 2.19 bits per heavy atom. The Kier molecular flexibility index (Phi) is 3.62. The summed E-state index contributed by atoms with van der Waals surface area (Å²) in [4.78, 5) is 10.3. The predicted octanol–water partition coefficient (Wildman–Crippen LogP) is 3.06. The first-order chi connectivity index (χ1) is 7.34. The number of hydrogen-bond acceptors (Lipinski definition) is 1. The molecule has 0 aliphatic carbocycles. The highest BCUT2D eigenvalue weighted by atomic mass is 19.3. The van der Waals surface area contributed by atoms with Gasteiger partial charge in [0.1, 0.15) is 0 Å². The molecule has 4 heteroatoms. The average molecular weight is 228 g/mol. The van der Waals surface area contributed by atoms with Gasteiger partial charge in [0.25, 0.3) is 0 Å². The molecule has 88 valence electrons. The first-order valence-electron chi connectivity index (χ1n) is 5.04. The Balaban J connectivity index is 2.91. The Labute approximate surface area is 92.9 Å². The second kappa shape index (κ2) is 4.60. The highest BCUT2D eigenvalue weighted by Crippen LogP contribution is 2.28. The van der Waals surface area contributed by atoms with Crippen LogP contribution < -0.4 is 0 Å². The monoisotopic (exact) mass is 228 g/mol. The number of alkyl halides is 2. The van der Waals surface area contributed by atoms with Gasteiger partial charge in [-0.1, -0.05) is 38.1 Å². The highest BCUT2D eigenvalue weighted by molar-refractivity contribution is 5.77. The van der Waals surface area contributed by atoms with Crippen LogP contribution in [0.3, 0.4) is 0 Å². The van der Waals surface area contributed by atoms with Crippen LogP contribution in [0.2, 0.25) is 0 Å². The summed E-state index contributed by atoms with van der Waals surface area (Å²) >= 11 is 0. The summed E-state index contributed by atoms with van der Waals surface area (Å²) in [5, 5.41) is 8.36. The van der Waals surface area contributed by atoms with Gasteiger partial charge >= 0.3 is 11.9 Å². The summed E-state index contributed by atoms with van der Waals surface area (Å²) in [5.74, 6) is -5.49. The number of aliphatic carboxylic acids is 1. The fourth-order valence-electron chi connectivity index (χ4n) is 1.45. The van der Waals surface area contributed by atoms with E-state index in [1.165, 1.54) is 12.1 Å². The lowest BCUT2D eigenvalue weighted by atomic mass is 10.00. The van der Waals surface area contributed by atoms with Gasteiger partial charge in [-0.2, -0.15) is 8.78 Å². The van der Waals surface area contributed by atoms with Crippen molar-refractivity contribution >= 4 is 5.97 Å². The Morgan fingerprint density at radius 1 is 1.31 bits per heavy atom. The van der Waals surface area contributed by atoms with Gasteiger partial charge in [-0.15, -0.1) is 0 Å². The van der Waals surface area contributed by atoms with Gasteiger partial charge in [0.15, 0.2) is 0 Å². The van der Waals surface area contributed by atoms with Crippen molar-refractivity contribution in [3.63, 3.8) is 0 Å². The Hall–Kier alpha value is -1.45. The molecule has 0 fully saturated rings. The first kappa shape index (κ1) is 12.6. The molecule has 1 aromatic rings. The van der Waals surface area contributed by atoms with Crippen molar-refractivity contribution in [2.24, 2.45) is 5.92 Å². The van der Waals surface area contributed by atoms with Crippen molar-refractivity contribution < 1.29 is 18.7 Å². The molecular formula is C12H14F2O2. The molecule has 0 heterocycles. The van der Waals surface area contributed by atoms with E-state index in [4.69, 9.17) is 5.11 Å². The number of halogens is 2. The topological polar surface area (TPSA) is 37.3 Å². The zero-order chi connectivity index (χ0) is 12.3. The van der Waals surface area contributed by atoms with Crippen LogP contribution >= 0.6 is 0 Å². The van der Waals surface area contributed by atoms with Crippen molar-refractivity contribution in [1.82, 2.24) is 0 Å². The number of carboxylic acid groups (broad SMARTS) is 1. The molecule has 0 unspecified atom stereocenters. The SMILES string of the molecule is CC(C)Cc1ccc(C(F)(F)C(=O)O)cc1. The Morgan fingerprint density at radius 2 is 1.81 bits per heavy atom. The minimum atomic E-state index is -3.81. The molecule has 0 atom stereocenters. The quantitative estimate of drug-likeness (QED) is 0.859. The summed E-state index contributed by atoms with van der Waals surface area (Å²) in [6, 6.07) is 5.44. The summed E-state index contributed by atoms with van der Waals surface area (Å²) in [6.07, 6.45) is 0.791. The maximum absolute atomic E-state index is 13.1. The lowest BCUT2D eigenvalue weighted by molar-refractivity contribution is -0.166. The van der Waals surface area contributed by atoms with Crippen LogP contribution in [0.1, 0.15) is 25.0 Å². The van der Waals surface area contributed by atoms with E-state index in [1.54, 1.807) is 12.1 Å². The third-order valence-corrected chi connectivity index (χ3v) is 2.23. The second-order valence-electron chi connectivity index (χ2n) is 4.17. The van der Waals surface area contributed by atoms with Crippen molar-refractivity contribution in [1.29, 1.82) is 0 Å². The average Bonchev–Trinajstić information content (AvgIpc) is 2.17. The van der Waals surface area contributed by atoms with E-state index in [2.05, 4.69) is 0 Å². The first-order valence-corrected chi connectivity index (χ1v) is 5.04. The van der Waals surface area contributed by atoms with Crippen molar-refractivity contribution in [2.75, 3.05) is 0 Å². The smallest absolute Gasteiger partial charge is 0.379 e. The van der Waals surface area contributed by atoms with E-state index in [0.29, 0.717) is 5.92 Å². The second-order valence-corrected chi connectivity index (χ2v) is 4.17. The number of benzene rings is 1. The van der Waals surface area contributed by atoms with Gasteiger partial charge in [0, 0.05) is 5.56 Å². The molecule has 0 saturated heterocycles. The van der Waals surface area contributed by atoms with Gasteiger partial charge in [-0.05, 0) is 17.9 Å². The lowest BCUT2D eigenvalue weighted by Gasteiger charge is -2.12. The van der Waals surface area contributed by atoms with Gasteiger partial charge in [-0.3, -0.25) is 0 Å². The van der Waals surface area contributed by atoms with E-state index < -0.39 is 17.5 Å². The molecule has 0 bridgehead atoms. The van der Waals surface area contributed by atoms with Gasteiger partial charge in [-0.25, -0.2) is 4.79 Å². The molecule has 0 amide bonds. The Bertz CT molecular complexity index is 369. The minimum absolute atomic E-state index is 0.436. The molecule has 0 aliphatic rings. The van der Waals surface area contributed by atoms with E-state index in [-0.39, 0.29) is 0 Å². The molecule has 1 aromatic carbocycles. The molecule has 2 nitrogen and oxygen atoms in total. The molecule has 0 saturated carbocycles. The van der Waals surface area contributed by atoms with Crippen LogP contribution in [-0.4, -0.2) is 11.1 Å². The van der Waals surface area contributed by atoms with Crippen LogP contribution in [0.4, 0.5) is 8.78 Å². The third kappa shape index (κ3) is 2.78. The maximum Gasteiger partial charge on any atom is 0.379 e. The standard InChI is InChI=1S/C12H14F2O2/c1-8(2)7-9-3-5-10(6-4-9)12(13,14)11(15)16/h3-6,8H,7H2,1-2H3,(H,15,16). The fourth-order valence-corrected chi connectivity index (χ4v) is 1.45. The summed E-state index contributed by atoms with van der Waals surface area (Å²) in [5.41, 5.74) is 0.451. The fraction of sp³-hybridized carbons (Fsp3) is 0.417. The normalized spacial score (nSPS) is 11.8. The van der Waals surface area contributed by atoms with Crippen molar-refractivity contribution in [3.05, 3.63) is 35.4 Å². The molecule has 1 N–H and O–H groups in total. The largest absolute Gasteiger partial charge is 0.477 e. The van der Waals surface area contributed by atoms with Gasteiger partial charge < -0.3 is 5.11 Å². The van der Waals surface area contributed by atoms with E-state index >= 15 is 0 Å². The summed E-state index contributed by atoms with van der Waals surface area (Å²) < 4.78 is 26.1. The van der Waals surface area contributed by atoms with Gasteiger partial charge in [0.2, 0.25) is 0 Å². The summed E-state index contributed by atoms with van der Waals surface area (Å²) in [7, 11) is 0. The third-order valence-electron chi connectivity index (χ3n) is 2.23. The van der Waals surface area contributed by atoms with Crippen LogP contribution in [0, 0.1) is 5.92 Å². The van der Waals surface area contributed by atoms with Crippen molar-refractivity contribution in [2.45, 2.75) is 26.2 Å². The van der Waals surface area contributed by atoms with Crippen LogP contribution in [-0.2, 0) is 17.1 Å². The van der Waals surface area contributed by atoms with Crippen molar-refractivity contribution in [3.8, 4) is 0 Å². The number of carboxylic acids is 1. The molecule has 0 aliphatic heterocycles. The lowest BCUT2D eigenvalue weighted by Crippen LogP contribution is -2.25. The maximum atomic E-state index is 13.1. The number of hydrogen-bond donors (Lipinski definition) is 1. The van der Waals surface area contributed by atoms with Crippen LogP contribution in [0.15, 0.2) is 24.3 Å². The van der Waals surface area contributed by atoms with Crippen LogP contribution in [0.25, 0.3) is 0 Å². The van der Waals surface area contributed by atoms with Crippen LogP contribution in [0.5, 0.6) is 0 Å². The number of rotatable bonds is 4. The molecule has 0 radical (unpaired) electrons. The molecular weight excluding hydrogens is 214 g/mol. The minimum Gasteiger partial charge on any atom is -0.477 e. The summed E-state index contributed by atoms with van der Waals surface area (Å²) in [6.45, 7) is 4.06. The zero-order valence-electron chi connectivity index (χ0n) is 9.21. The van der Waals surface area contributed by atoms with E-state index in [1.807, 2.05) is 13.8 Å². The van der Waals surface area contributed by atoms with Gasteiger partial charge in [0.05, 0.1) is 0 Å². The van der Waals surface area contributed by atoms with E-state index in [0.717, 1.165) is 12.0 Å². The molecule has 0 aromatic heterocycles. The zero-order valence-corrected chi connectivity index (χ0v) is 9.21. The van der Waals surface area contributed by atoms with E-state index in [9.17, 15) is 13.6 Å². The molecule has 0 spiro atoms. The number of carbonyl (C=O) groups is 1. The molecule has 16 heavy (non-hydrogen) atoms. The molecule has 1 rings (SSSR count).